The number of rotatable bonds is 2. The molecule has 0 saturated carbocycles. The third-order valence-corrected chi connectivity index (χ3v) is 1.39. The highest BCUT2D eigenvalue weighted by Gasteiger charge is 2.30. The quantitative estimate of drug-likeness (QED) is 0.626. The van der Waals surface area contributed by atoms with Crippen LogP contribution in [0.15, 0.2) is 24.3 Å². The van der Waals surface area contributed by atoms with Crippen LogP contribution in [0.1, 0.15) is 5.56 Å². The standard InChI is InChI=1S/C7H4BF3O3/c9-7(10,11)5-2-1-3-6(4-5)14-8(12)13/h1-4H/q-2. The highest BCUT2D eigenvalue weighted by Crippen LogP contribution is 2.31. The second-order valence-corrected chi connectivity index (χ2v) is 2.43. The fraction of sp³-hybridized carbons (Fsp3) is 0.143. The van der Waals surface area contributed by atoms with Crippen molar-refractivity contribution in [2.75, 3.05) is 0 Å². The fourth-order valence-electron chi connectivity index (χ4n) is 0.857. The SMILES string of the molecule is [O-]B([O-])Oc1cccc(C(F)(F)F)c1. The van der Waals surface area contributed by atoms with Crippen LogP contribution in [0.5, 0.6) is 5.75 Å². The third-order valence-electron chi connectivity index (χ3n) is 1.39. The van der Waals surface area contributed by atoms with Crippen molar-refractivity contribution in [1.29, 1.82) is 0 Å². The van der Waals surface area contributed by atoms with E-state index in [0.717, 1.165) is 18.2 Å². The van der Waals surface area contributed by atoms with Crippen LogP contribution in [0.25, 0.3) is 0 Å². The molecule has 0 fully saturated rings. The molecule has 0 aliphatic rings. The van der Waals surface area contributed by atoms with Gasteiger partial charge < -0.3 is 14.7 Å². The van der Waals surface area contributed by atoms with Gasteiger partial charge in [0.1, 0.15) is 7.32 Å². The van der Waals surface area contributed by atoms with Gasteiger partial charge in [0.2, 0.25) is 0 Å². The normalized spacial score (nSPS) is 11.2. The monoisotopic (exact) mass is 204 g/mol. The van der Waals surface area contributed by atoms with Crippen LogP contribution in [0.3, 0.4) is 0 Å². The van der Waals surface area contributed by atoms with E-state index in [0.29, 0.717) is 6.07 Å². The molecule has 0 aliphatic heterocycles. The average molecular weight is 204 g/mol. The smallest absolute Gasteiger partial charge is 0.416 e. The van der Waals surface area contributed by atoms with Gasteiger partial charge in [-0.1, -0.05) is 6.07 Å². The number of halogens is 3. The Morgan fingerprint density at radius 3 is 2.36 bits per heavy atom. The van der Waals surface area contributed by atoms with Gasteiger partial charge in [-0.25, -0.2) is 0 Å². The molecule has 3 nitrogen and oxygen atoms in total. The summed E-state index contributed by atoms with van der Waals surface area (Å²) in [5, 5.41) is 20.0. The number of alkyl halides is 3. The highest BCUT2D eigenvalue weighted by molar-refractivity contribution is 6.29. The van der Waals surface area contributed by atoms with Gasteiger partial charge in [0, 0.05) is 0 Å². The maximum absolute atomic E-state index is 12.1. The average Bonchev–Trinajstić information content (AvgIpc) is 2.01. The second-order valence-electron chi connectivity index (χ2n) is 2.43. The third kappa shape index (κ3) is 2.93. The molecule has 7 heteroatoms. The molecule has 0 N–H and O–H groups in total. The minimum absolute atomic E-state index is 0.380. The topological polar surface area (TPSA) is 55.3 Å². The molecule has 0 atom stereocenters. The summed E-state index contributed by atoms with van der Waals surface area (Å²) in [6, 6.07) is 3.58. The van der Waals surface area contributed by atoms with E-state index in [1.807, 2.05) is 0 Å². The molecule has 1 aromatic rings. The minimum Gasteiger partial charge on any atom is -0.860 e. The lowest BCUT2D eigenvalue weighted by Gasteiger charge is -2.26. The van der Waals surface area contributed by atoms with E-state index in [-0.39, 0.29) is 5.75 Å². The van der Waals surface area contributed by atoms with Crippen molar-refractivity contribution >= 4 is 7.32 Å². The zero-order valence-corrected chi connectivity index (χ0v) is 6.75. The molecule has 0 aliphatic carbocycles. The first-order chi connectivity index (χ1) is 6.39. The molecule has 0 bridgehead atoms. The Labute approximate surface area is 77.9 Å². The first-order valence-electron chi connectivity index (χ1n) is 3.55. The van der Waals surface area contributed by atoms with Gasteiger partial charge in [0.15, 0.2) is 0 Å². The summed E-state index contributed by atoms with van der Waals surface area (Å²) in [5.41, 5.74) is -0.962. The van der Waals surface area contributed by atoms with Crippen molar-refractivity contribution in [2.45, 2.75) is 6.18 Å². The highest BCUT2D eigenvalue weighted by atomic mass is 19.4. The van der Waals surface area contributed by atoms with Gasteiger partial charge in [-0.05, 0) is 18.2 Å². The molecular weight excluding hydrogens is 200 g/mol. The van der Waals surface area contributed by atoms with Gasteiger partial charge >= 0.3 is 6.18 Å². The lowest BCUT2D eigenvalue weighted by molar-refractivity contribution is -0.372. The first kappa shape index (κ1) is 10.9. The van der Waals surface area contributed by atoms with Gasteiger partial charge in [0.05, 0.1) is 11.3 Å². The van der Waals surface area contributed by atoms with E-state index < -0.39 is 19.1 Å². The summed E-state index contributed by atoms with van der Waals surface area (Å²) < 4.78 is 40.3. The minimum atomic E-state index is -4.51. The van der Waals surface area contributed by atoms with Gasteiger partial charge in [-0.15, -0.1) is 0 Å². The molecule has 14 heavy (non-hydrogen) atoms. The van der Waals surface area contributed by atoms with Crippen LogP contribution < -0.4 is 14.7 Å². The Hall–Kier alpha value is -1.21. The fourth-order valence-corrected chi connectivity index (χ4v) is 0.857. The Morgan fingerprint density at radius 1 is 1.21 bits per heavy atom. The largest absolute Gasteiger partial charge is 0.860 e. The molecule has 0 radical (unpaired) electrons. The Balaban J connectivity index is 2.90. The summed E-state index contributed by atoms with van der Waals surface area (Å²) in [6.07, 6.45) is -4.51. The molecule has 0 spiro atoms. The van der Waals surface area contributed by atoms with Crippen molar-refractivity contribution < 1.29 is 27.9 Å². The summed E-state index contributed by atoms with van der Waals surface area (Å²) in [6.45, 7) is 0. The van der Waals surface area contributed by atoms with Gasteiger partial charge in [-0.3, -0.25) is 0 Å². The molecular formula is C7H4BF3O3-2. The summed E-state index contributed by atoms with van der Waals surface area (Å²) in [5.74, 6) is -0.380. The van der Waals surface area contributed by atoms with Crippen molar-refractivity contribution in [3.8, 4) is 5.75 Å². The van der Waals surface area contributed by atoms with Gasteiger partial charge in [-0.2, -0.15) is 13.2 Å². The van der Waals surface area contributed by atoms with E-state index in [2.05, 4.69) is 4.65 Å². The molecule has 1 rings (SSSR count). The molecule has 0 heterocycles. The van der Waals surface area contributed by atoms with Crippen LogP contribution in [-0.4, -0.2) is 7.32 Å². The Kier molecular flexibility index (Phi) is 3.02. The summed E-state index contributed by atoms with van der Waals surface area (Å²) in [4.78, 5) is 0. The van der Waals surface area contributed by atoms with E-state index in [1.165, 1.54) is 0 Å². The van der Waals surface area contributed by atoms with Crippen LogP contribution >= 0.6 is 0 Å². The predicted molar refractivity (Wildman–Crippen MR) is 37.8 cm³/mol. The van der Waals surface area contributed by atoms with E-state index >= 15 is 0 Å². The summed E-state index contributed by atoms with van der Waals surface area (Å²) in [7, 11) is -2.63. The van der Waals surface area contributed by atoms with E-state index in [4.69, 9.17) is 0 Å². The Bertz CT molecular complexity index is 313. The summed E-state index contributed by atoms with van der Waals surface area (Å²) >= 11 is 0. The molecule has 0 unspecified atom stereocenters. The predicted octanol–water partition coefficient (Wildman–Crippen LogP) is -0.210. The molecule has 0 saturated heterocycles. The number of hydrogen-bond donors (Lipinski definition) is 0. The lowest BCUT2D eigenvalue weighted by atomic mass is 10.2. The maximum Gasteiger partial charge on any atom is 0.416 e. The van der Waals surface area contributed by atoms with Crippen LogP contribution in [0.4, 0.5) is 13.2 Å². The van der Waals surface area contributed by atoms with E-state index in [9.17, 15) is 23.2 Å². The first-order valence-corrected chi connectivity index (χ1v) is 3.55. The van der Waals surface area contributed by atoms with Crippen LogP contribution in [0.2, 0.25) is 0 Å². The molecule has 1 aromatic carbocycles. The van der Waals surface area contributed by atoms with Crippen molar-refractivity contribution in [2.24, 2.45) is 0 Å². The van der Waals surface area contributed by atoms with E-state index in [1.54, 1.807) is 0 Å². The number of benzene rings is 1. The van der Waals surface area contributed by atoms with Crippen LogP contribution in [0, 0.1) is 0 Å². The zero-order valence-electron chi connectivity index (χ0n) is 6.75. The second kappa shape index (κ2) is 3.89. The maximum atomic E-state index is 12.1. The molecule has 0 amide bonds. The zero-order chi connectivity index (χ0) is 10.8. The van der Waals surface area contributed by atoms with Crippen molar-refractivity contribution in [1.82, 2.24) is 0 Å². The van der Waals surface area contributed by atoms with Crippen LogP contribution in [-0.2, 0) is 6.18 Å². The lowest BCUT2D eigenvalue weighted by Crippen LogP contribution is -2.50. The van der Waals surface area contributed by atoms with Gasteiger partial charge in [0.25, 0.3) is 0 Å². The Morgan fingerprint density at radius 2 is 1.86 bits per heavy atom. The van der Waals surface area contributed by atoms with Crippen molar-refractivity contribution in [3.63, 3.8) is 0 Å². The molecule has 0 aromatic heterocycles. The van der Waals surface area contributed by atoms with Crippen molar-refractivity contribution in [3.05, 3.63) is 29.8 Å². The molecule has 76 valence electrons. The number of hydrogen-bond acceptors (Lipinski definition) is 3.